The number of rotatable bonds is 6. The van der Waals surface area contributed by atoms with Gasteiger partial charge in [0.15, 0.2) is 0 Å². The van der Waals surface area contributed by atoms with E-state index in [-0.39, 0.29) is 6.61 Å². The highest BCUT2D eigenvalue weighted by atomic mass is 16.5. The zero-order valence-corrected chi connectivity index (χ0v) is 9.74. The van der Waals surface area contributed by atoms with Crippen LogP contribution in [0.3, 0.4) is 0 Å². The van der Waals surface area contributed by atoms with E-state index in [0.717, 1.165) is 32.8 Å². The molecule has 3 N–H and O–H groups in total. The number of ether oxygens (including phenoxy) is 1. The van der Waals surface area contributed by atoms with Crippen LogP contribution in [0.4, 0.5) is 0 Å². The maximum Gasteiger partial charge on any atom is 0.0698 e. The van der Waals surface area contributed by atoms with Crippen molar-refractivity contribution >= 4 is 0 Å². The van der Waals surface area contributed by atoms with E-state index in [2.05, 4.69) is 11.8 Å². The Bertz CT molecular complexity index is 168. The minimum atomic E-state index is 0.116. The molecule has 0 atom stereocenters. The van der Waals surface area contributed by atoms with Gasteiger partial charge in [-0.25, -0.2) is 0 Å². The van der Waals surface area contributed by atoms with Crippen LogP contribution in [0, 0.1) is 5.41 Å². The number of likely N-dealkylation sites (tertiary alicyclic amines) is 1. The molecule has 1 aliphatic heterocycles. The van der Waals surface area contributed by atoms with Gasteiger partial charge in [-0.05, 0) is 37.9 Å². The number of hydrogen-bond acceptors (Lipinski definition) is 4. The first kappa shape index (κ1) is 12.9. The van der Waals surface area contributed by atoms with Crippen LogP contribution in [0.5, 0.6) is 0 Å². The number of hydrogen-bond donors (Lipinski definition) is 2. The third-order valence-electron chi connectivity index (χ3n) is 3.34. The molecule has 0 unspecified atom stereocenters. The van der Waals surface area contributed by atoms with Gasteiger partial charge in [-0.2, -0.15) is 0 Å². The predicted molar refractivity (Wildman–Crippen MR) is 60.7 cm³/mol. The Morgan fingerprint density at radius 3 is 2.53 bits per heavy atom. The molecule has 0 spiro atoms. The van der Waals surface area contributed by atoms with Crippen LogP contribution < -0.4 is 5.73 Å². The smallest absolute Gasteiger partial charge is 0.0698 e. The van der Waals surface area contributed by atoms with Crippen molar-refractivity contribution in [1.29, 1.82) is 0 Å². The summed E-state index contributed by atoms with van der Waals surface area (Å²) in [7, 11) is 0. The van der Waals surface area contributed by atoms with Gasteiger partial charge >= 0.3 is 0 Å². The fourth-order valence-electron chi connectivity index (χ4n) is 1.88. The highest BCUT2D eigenvalue weighted by Crippen LogP contribution is 2.28. The number of nitrogens with two attached hydrogens (primary N) is 1. The van der Waals surface area contributed by atoms with Crippen LogP contribution in [-0.2, 0) is 4.74 Å². The number of aliphatic hydroxyl groups is 1. The second-order valence-electron chi connectivity index (χ2n) is 4.69. The second kappa shape index (κ2) is 6.43. The van der Waals surface area contributed by atoms with E-state index in [1.165, 1.54) is 12.8 Å². The topological polar surface area (TPSA) is 58.7 Å². The Morgan fingerprint density at radius 1 is 1.33 bits per heavy atom. The fraction of sp³-hybridized carbons (Fsp3) is 1.00. The van der Waals surface area contributed by atoms with Crippen molar-refractivity contribution in [2.24, 2.45) is 11.1 Å². The van der Waals surface area contributed by atoms with Crippen molar-refractivity contribution < 1.29 is 9.84 Å². The fourth-order valence-corrected chi connectivity index (χ4v) is 1.88. The van der Waals surface area contributed by atoms with Crippen molar-refractivity contribution in [1.82, 2.24) is 4.90 Å². The first-order valence-corrected chi connectivity index (χ1v) is 5.81. The van der Waals surface area contributed by atoms with Crippen LogP contribution >= 0.6 is 0 Å². The van der Waals surface area contributed by atoms with Crippen molar-refractivity contribution in [2.45, 2.75) is 19.8 Å². The Morgan fingerprint density at radius 2 is 2.00 bits per heavy atom. The summed E-state index contributed by atoms with van der Waals surface area (Å²) in [5, 5.41) is 8.55. The van der Waals surface area contributed by atoms with Crippen LogP contribution in [0.1, 0.15) is 19.8 Å². The average Bonchev–Trinajstić information content (AvgIpc) is 2.27. The Kier molecular flexibility index (Phi) is 5.53. The quantitative estimate of drug-likeness (QED) is 0.616. The van der Waals surface area contributed by atoms with Crippen LogP contribution in [-0.4, -0.2) is 56.0 Å². The van der Waals surface area contributed by atoms with E-state index in [1.54, 1.807) is 0 Å². The lowest BCUT2D eigenvalue weighted by atomic mass is 9.80. The maximum atomic E-state index is 8.55. The number of aliphatic hydroxyl groups excluding tert-OH is 1. The molecule has 90 valence electrons. The van der Waals surface area contributed by atoms with Gasteiger partial charge in [-0.1, -0.05) is 6.92 Å². The van der Waals surface area contributed by atoms with Gasteiger partial charge < -0.3 is 20.5 Å². The molecule has 1 saturated heterocycles. The van der Waals surface area contributed by atoms with Gasteiger partial charge in [-0.15, -0.1) is 0 Å². The average molecular weight is 216 g/mol. The summed E-state index contributed by atoms with van der Waals surface area (Å²) in [5.41, 5.74) is 6.10. The van der Waals surface area contributed by atoms with E-state index < -0.39 is 0 Å². The summed E-state index contributed by atoms with van der Waals surface area (Å²) >= 11 is 0. The minimum Gasteiger partial charge on any atom is -0.394 e. The monoisotopic (exact) mass is 216 g/mol. The summed E-state index contributed by atoms with van der Waals surface area (Å²) in [6, 6.07) is 0. The lowest BCUT2D eigenvalue weighted by Crippen LogP contribution is -2.43. The summed E-state index contributed by atoms with van der Waals surface area (Å²) < 4.78 is 5.25. The molecule has 1 fully saturated rings. The number of piperidine rings is 1. The van der Waals surface area contributed by atoms with E-state index in [1.807, 2.05) is 0 Å². The van der Waals surface area contributed by atoms with Crippen molar-refractivity contribution in [3.05, 3.63) is 0 Å². The molecule has 1 rings (SSSR count). The largest absolute Gasteiger partial charge is 0.394 e. The zero-order valence-electron chi connectivity index (χ0n) is 9.74. The summed E-state index contributed by atoms with van der Waals surface area (Å²) in [6.45, 7) is 7.57. The van der Waals surface area contributed by atoms with Crippen LogP contribution in [0.25, 0.3) is 0 Å². The van der Waals surface area contributed by atoms with E-state index in [0.29, 0.717) is 12.0 Å². The van der Waals surface area contributed by atoms with Gasteiger partial charge in [0.2, 0.25) is 0 Å². The standard InChI is InChI=1S/C11H24N2O2/c1-11(10-12)2-4-13(5-3-11)6-8-15-9-7-14/h14H,2-10,12H2,1H3. The maximum absolute atomic E-state index is 8.55. The lowest BCUT2D eigenvalue weighted by Gasteiger charge is -2.38. The van der Waals surface area contributed by atoms with Crippen LogP contribution in [0.15, 0.2) is 0 Å². The lowest BCUT2D eigenvalue weighted by molar-refractivity contribution is 0.0546. The molecule has 0 aromatic rings. The molecule has 0 aromatic heterocycles. The van der Waals surface area contributed by atoms with Gasteiger partial charge in [0.1, 0.15) is 0 Å². The molecular weight excluding hydrogens is 192 g/mol. The highest BCUT2D eigenvalue weighted by molar-refractivity contribution is 4.82. The Balaban J connectivity index is 2.09. The normalized spacial score (nSPS) is 21.8. The minimum absolute atomic E-state index is 0.116. The highest BCUT2D eigenvalue weighted by Gasteiger charge is 2.28. The van der Waals surface area contributed by atoms with Crippen molar-refractivity contribution in [3.8, 4) is 0 Å². The summed E-state index contributed by atoms with van der Waals surface area (Å²) in [6.07, 6.45) is 2.37. The van der Waals surface area contributed by atoms with E-state index in [9.17, 15) is 0 Å². The molecule has 4 nitrogen and oxygen atoms in total. The SMILES string of the molecule is CC1(CN)CCN(CCOCCO)CC1. The summed E-state index contributed by atoms with van der Waals surface area (Å²) in [4.78, 5) is 2.41. The third-order valence-corrected chi connectivity index (χ3v) is 3.34. The van der Waals surface area contributed by atoms with Crippen molar-refractivity contribution in [3.63, 3.8) is 0 Å². The van der Waals surface area contributed by atoms with Gasteiger partial charge in [0.25, 0.3) is 0 Å². The molecule has 0 amide bonds. The first-order chi connectivity index (χ1) is 7.20. The van der Waals surface area contributed by atoms with Crippen molar-refractivity contribution in [2.75, 3.05) is 46.0 Å². The van der Waals surface area contributed by atoms with Gasteiger partial charge in [-0.3, -0.25) is 0 Å². The molecule has 4 heteroatoms. The second-order valence-corrected chi connectivity index (χ2v) is 4.69. The van der Waals surface area contributed by atoms with Gasteiger partial charge in [0, 0.05) is 6.54 Å². The Hall–Kier alpha value is -0.160. The molecule has 0 aliphatic carbocycles. The van der Waals surface area contributed by atoms with Crippen LogP contribution in [0.2, 0.25) is 0 Å². The molecule has 1 heterocycles. The summed E-state index contributed by atoms with van der Waals surface area (Å²) in [5.74, 6) is 0. The molecule has 0 bridgehead atoms. The van der Waals surface area contributed by atoms with Gasteiger partial charge in [0.05, 0.1) is 19.8 Å². The molecule has 15 heavy (non-hydrogen) atoms. The molecule has 0 saturated carbocycles. The predicted octanol–water partition coefficient (Wildman–Crippen LogP) is 0.0561. The first-order valence-electron chi connectivity index (χ1n) is 5.81. The number of nitrogens with zero attached hydrogens (tertiary/aromatic N) is 1. The van der Waals surface area contributed by atoms with E-state index in [4.69, 9.17) is 15.6 Å². The van der Waals surface area contributed by atoms with E-state index >= 15 is 0 Å². The molecule has 0 radical (unpaired) electrons. The molecule has 1 aliphatic rings. The Labute approximate surface area is 92.4 Å². The zero-order chi connectivity index (χ0) is 11.1. The molecule has 0 aromatic carbocycles. The molecular formula is C11H24N2O2. The third kappa shape index (κ3) is 4.47.